The number of nitrogens with two attached hydrogens (primary N) is 1. The molecule has 0 unspecified atom stereocenters. The van der Waals surface area contributed by atoms with E-state index in [0.717, 1.165) is 12.1 Å². The smallest absolute Gasteiger partial charge is 0.419 e. The van der Waals surface area contributed by atoms with Crippen molar-refractivity contribution in [2.24, 2.45) is 5.73 Å². The van der Waals surface area contributed by atoms with Gasteiger partial charge in [0.25, 0.3) is 5.91 Å². The summed E-state index contributed by atoms with van der Waals surface area (Å²) in [6.07, 6.45) is -5.78. The minimum atomic E-state index is -4.58. The van der Waals surface area contributed by atoms with Gasteiger partial charge in [0.05, 0.1) is 12.1 Å². The molecule has 0 aliphatic carbocycles. The molecule has 20 heavy (non-hydrogen) atoms. The summed E-state index contributed by atoms with van der Waals surface area (Å²) in [5, 5.41) is 2.14. The topological polar surface area (TPSA) is 81.4 Å². The van der Waals surface area contributed by atoms with E-state index >= 15 is 0 Å². The number of hydrogen-bond acceptors (Lipinski definition) is 3. The van der Waals surface area contributed by atoms with E-state index in [4.69, 9.17) is 10.5 Å². The van der Waals surface area contributed by atoms with Crippen LogP contribution in [0.3, 0.4) is 0 Å². The van der Waals surface area contributed by atoms with E-state index in [2.05, 4.69) is 5.32 Å². The van der Waals surface area contributed by atoms with Crippen LogP contribution in [0, 0.1) is 0 Å². The Kier molecular flexibility index (Phi) is 4.95. The zero-order chi connectivity index (χ0) is 15.3. The van der Waals surface area contributed by atoms with Crippen molar-refractivity contribution in [1.29, 1.82) is 0 Å². The Bertz CT molecular complexity index is 503. The molecule has 0 aliphatic heterocycles. The van der Waals surface area contributed by atoms with Gasteiger partial charge in [0, 0.05) is 0 Å². The van der Waals surface area contributed by atoms with E-state index in [-0.39, 0.29) is 0 Å². The number of para-hydroxylation sites is 1. The first-order valence-corrected chi connectivity index (χ1v) is 5.60. The third-order valence-electron chi connectivity index (χ3n) is 2.30. The first-order valence-electron chi connectivity index (χ1n) is 5.60. The lowest BCUT2D eigenvalue weighted by molar-refractivity contribution is -0.140. The summed E-state index contributed by atoms with van der Waals surface area (Å²) in [6, 6.07) is 4.54. The van der Waals surface area contributed by atoms with Crippen molar-refractivity contribution < 1.29 is 27.5 Å². The Balaban J connectivity index is 2.78. The van der Waals surface area contributed by atoms with Crippen LogP contribution in [0.5, 0.6) is 5.75 Å². The number of rotatable bonds is 5. The summed E-state index contributed by atoms with van der Waals surface area (Å²) >= 11 is 0. The maximum absolute atomic E-state index is 12.7. The van der Waals surface area contributed by atoms with Gasteiger partial charge in [-0.25, -0.2) is 0 Å². The van der Waals surface area contributed by atoms with Gasteiger partial charge in [-0.3, -0.25) is 9.59 Å². The summed E-state index contributed by atoms with van der Waals surface area (Å²) in [5.41, 5.74) is 3.85. The van der Waals surface area contributed by atoms with Crippen LogP contribution in [0.1, 0.15) is 12.5 Å². The van der Waals surface area contributed by atoms with Crippen molar-refractivity contribution in [1.82, 2.24) is 5.32 Å². The summed E-state index contributed by atoms with van der Waals surface area (Å²) in [5.74, 6) is -1.95. The second-order valence-corrected chi connectivity index (χ2v) is 3.94. The minimum absolute atomic E-state index is 0.409. The van der Waals surface area contributed by atoms with E-state index < -0.39 is 42.0 Å². The van der Waals surface area contributed by atoms with Crippen LogP contribution in [0.4, 0.5) is 13.2 Å². The van der Waals surface area contributed by atoms with E-state index in [1.807, 2.05) is 0 Å². The molecule has 0 radical (unpaired) electrons. The Hall–Kier alpha value is -2.25. The molecule has 5 nitrogen and oxygen atoms in total. The first kappa shape index (κ1) is 15.8. The molecule has 110 valence electrons. The fourth-order valence-electron chi connectivity index (χ4n) is 1.37. The van der Waals surface area contributed by atoms with Crippen molar-refractivity contribution in [3.8, 4) is 5.75 Å². The summed E-state index contributed by atoms with van der Waals surface area (Å²) < 4.78 is 43.1. The van der Waals surface area contributed by atoms with Gasteiger partial charge < -0.3 is 15.8 Å². The average Bonchev–Trinajstić information content (AvgIpc) is 2.35. The van der Waals surface area contributed by atoms with E-state index in [0.29, 0.717) is 0 Å². The monoisotopic (exact) mass is 290 g/mol. The van der Waals surface area contributed by atoms with Crippen LogP contribution in [0.2, 0.25) is 0 Å². The molecular weight excluding hydrogens is 277 g/mol. The van der Waals surface area contributed by atoms with Crippen LogP contribution in [-0.4, -0.2) is 24.5 Å². The van der Waals surface area contributed by atoms with Crippen molar-refractivity contribution >= 4 is 11.8 Å². The molecule has 1 atom stereocenters. The molecule has 1 rings (SSSR count). The van der Waals surface area contributed by atoms with Crippen molar-refractivity contribution in [3.63, 3.8) is 0 Å². The van der Waals surface area contributed by atoms with Crippen molar-refractivity contribution in [3.05, 3.63) is 29.8 Å². The van der Waals surface area contributed by atoms with Crippen molar-refractivity contribution in [2.45, 2.75) is 19.2 Å². The molecule has 0 aromatic heterocycles. The van der Waals surface area contributed by atoms with Crippen LogP contribution >= 0.6 is 0 Å². The zero-order valence-corrected chi connectivity index (χ0v) is 10.5. The molecule has 8 heteroatoms. The fraction of sp³-hybridized carbons (Fsp3) is 0.333. The van der Waals surface area contributed by atoms with Gasteiger partial charge in [-0.05, 0) is 19.1 Å². The Labute approximate surface area is 112 Å². The number of carbonyl (C=O) groups is 2. The molecule has 0 aliphatic rings. The average molecular weight is 290 g/mol. The van der Waals surface area contributed by atoms with Gasteiger partial charge in [0.15, 0.2) is 6.10 Å². The molecule has 3 N–H and O–H groups in total. The molecule has 0 heterocycles. The van der Waals surface area contributed by atoms with Crippen LogP contribution < -0.4 is 15.8 Å². The van der Waals surface area contributed by atoms with Gasteiger partial charge in [0.1, 0.15) is 5.75 Å². The van der Waals surface area contributed by atoms with Crippen LogP contribution in [0.15, 0.2) is 24.3 Å². The number of carbonyl (C=O) groups excluding carboxylic acids is 2. The zero-order valence-electron chi connectivity index (χ0n) is 10.5. The second kappa shape index (κ2) is 6.27. The number of amides is 2. The highest BCUT2D eigenvalue weighted by Gasteiger charge is 2.34. The molecule has 0 saturated heterocycles. The highest BCUT2D eigenvalue weighted by Crippen LogP contribution is 2.36. The van der Waals surface area contributed by atoms with E-state index in [1.54, 1.807) is 0 Å². The standard InChI is InChI=1S/C12H13F3N2O3/c1-7(11(19)17-6-10(16)18)20-9-5-3-2-4-8(9)12(13,14)15/h2-5,7H,6H2,1H3,(H2,16,18)(H,17,19)/t7-/m1/s1. The maximum Gasteiger partial charge on any atom is 0.419 e. The van der Waals surface area contributed by atoms with Gasteiger partial charge in [-0.1, -0.05) is 12.1 Å². The van der Waals surface area contributed by atoms with Gasteiger partial charge in [-0.15, -0.1) is 0 Å². The Morgan fingerprint density at radius 1 is 1.35 bits per heavy atom. The molecule has 1 aromatic carbocycles. The predicted octanol–water partition coefficient (Wildman–Crippen LogP) is 1.07. The molecular formula is C12H13F3N2O3. The third-order valence-corrected chi connectivity index (χ3v) is 2.30. The van der Waals surface area contributed by atoms with Crippen LogP contribution in [-0.2, 0) is 15.8 Å². The largest absolute Gasteiger partial charge is 0.480 e. The number of ether oxygens (including phenoxy) is 1. The molecule has 0 spiro atoms. The van der Waals surface area contributed by atoms with Gasteiger partial charge >= 0.3 is 6.18 Å². The number of primary amides is 1. The molecule has 1 aromatic rings. The van der Waals surface area contributed by atoms with Gasteiger partial charge in [-0.2, -0.15) is 13.2 Å². The first-order chi connectivity index (χ1) is 9.21. The van der Waals surface area contributed by atoms with E-state index in [1.165, 1.54) is 19.1 Å². The predicted molar refractivity (Wildman–Crippen MR) is 63.7 cm³/mol. The Morgan fingerprint density at radius 2 is 1.95 bits per heavy atom. The van der Waals surface area contributed by atoms with Crippen LogP contribution in [0.25, 0.3) is 0 Å². The summed E-state index contributed by atoms with van der Waals surface area (Å²) in [6.45, 7) is 0.858. The number of benzene rings is 1. The highest BCUT2D eigenvalue weighted by molar-refractivity contribution is 5.86. The third kappa shape index (κ3) is 4.45. The number of alkyl halides is 3. The maximum atomic E-state index is 12.7. The number of halogens is 3. The molecule has 0 bridgehead atoms. The number of nitrogens with one attached hydrogen (secondary N) is 1. The summed E-state index contributed by atoms with van der Waals surface area (Å²) in [4.78, 5) is 22.0. The lowest BCUT2D eigenvalue weighted by Gasteiger charge is -2.18. The molecule has 2 amide bonds. The Morgan fingerprint density at radius 3 is 2.50 bits per heavy atom. The molecule has 0 fully saturated rings. The molecule has 0 saturated carbocycles. The SMILES string of the molecule is C[C@@H](Oc1ccccc1C(F)(F)F)C(=O)NCC(N)=O. The second-order valence-electron chi connectivity index (χ2n) is 3.94. The lowest BCUT2D eigenvalue weighted by atomic mass is 10.2. The normalized spacial score (nSPS) is 12.6. The van der Waals surface area contributed by atoms with Crippen molar-refractivity contribution in [2.75, 3.05) is 6.54 Å². The van der Waals surface area contributed by atoms with Gasteiger partial charge in [0.2, 0.25) is 5.91 Å². The van der Waals surface area contributed by atoms with E-state index in [9.17, 15) is 22.8 Å². The fourth-order valence-corrected chi connectivity index (χ4v) is 1.37. The minimum Gasteiger partial charge on any atom is -0.480 e. The highest BCUT2D eigenvalue weighted by atomic mass is 19.4. The quantitative estimate of drug-likeness (QED) is 0.851. The lowest BCUT2D eigenvalue weighted by Crippen LogP contribution is -2.41. The number of hydrogen-bond donors (Lipinski definition) is 2. The summed E-state index contributed by atoms with van der Waals surface area (Å²) in [7, 11) is 0.